The summed E-state index contributed by atoms with van der Waals surface area (Å²) in [5, 5.41) is 7.86. The van der Waals surface area contributed by atoms with Gasteiger partial charge in [-0.2, -0.15) is 0 Å². The third kappa shape index (κ3) is 7.52. The topological polar surface area (TPSA) is 63.6 Å². The molecule has 0 saturated carbocycles. The van der Waals surface area contributed by atoms with Crippen molar-refractivity contribution in [2.24, 2.45) is 0 Å². The average Bonchev–Trinajstić information content (AvgIpc) is 2.07. The minimum atomic E-state index is -0.833. The van der Waals surface area contributed by atoms with Crippen LogP contribution in [0.4, 0.5) is 0 Å². The number of esters is 1. The van der Waals surface area contributed by atoms with E-state index in [1.54, 1.807) is 24.3 Å². The number of hydrogen-bond donors (Lipinski definition) is 1. The Morgan fingerprint density at radius 1 is 1.27 bits per heavy atom. The lowest BCUT2D eigenvalue weighted by Crippen LogP contribution is -2.01. The molecule has 0 spiro atoms. The van der Waals surface area contributed by atoms with Gasteiger partial charge in [-0.3, -0.25) is 9.59 Å². The molecule has 0 aromatic heterocycles. The first-order chi connectivity index (χ1) is 6.93. The molecule has 5 heteroatoms. The van der Waals surface area contributed by atoms with E-state index in [9.17, 15) is 4.79 Å². The van der Waals surface area contributed by atoms with Crippen LogP contribution in [0.5, 0.6) is 5.75 Å². The lowest BCUT2D eigenvalue weighted by molar-refractivity contribution is -0.134. The van der Waals surface area contributed by atoms with Crippen molar-refractivity contribution in [3.05, 3.63) is 29.3 Å². The summed E-state index contributed by atoms with van der Waals surface area (Å²) in [5.41, 5.74) is 0. The predicted molar refractivity (Wildman–Crippen MR) is 56.1 cm³/mol. The van der Waals surface area contributed by atoms with Crippen LogP contribution in [-0.2, 0) is 9.59 Å². The van der Waals surface area contributed by atoms with E-state index in [-0.39, 0.29) is 5.97 Å². The van der Waals surface area contributed by atoms with Crippen LogP contribution in [-0.4, -0.2) is 17.0 Å². The molecule has 0 amide bonds. The predicted octanol–water partition coefficient (Wildman–Crippen LogP) is 2.36. The third-order valence-corrected chi connectivity index (χ3v) is 1.40. The number of ether oxygens (including phenoxy) is 1. The molecular formula is C10H11ClO4. The molecule has 1 aromatic carbocycles. The van der Waals surface area contributed by atoms with Gasteiger partial charge in [-0.1, -0.05) is 23.7 Å². The van der Waals surface area contributed by atoms with E-state index in [1.807, 2.05) is 0 Å². The van der Waals surface area contributed by atoms with Crippen molar-refractivity contribution < 1.29 is 19.4 Å². The number of para-hydroxylation sites is 1. The zero-order valence-corrected chi connectivity index (χ0v) is 9.12. The zero-order valence-electron chi connectivity index (χ0n) is 8.36. The molecule has 4 nitrogen and oxygen atoms in total. The molecule has 0 saturated heterocycles. The Hall–Kier alpha value is -1.55. The molecule has 1 aromatic rings. The van der Waals surface area contributed by atoms with E-state index in [4.69, 9.17) is 26.2 Å². The Morgan fingerprint density at radius 2 is 1.73 bits per heavy atom. The van der Waals surface area contributed by atoms with Crippen molar-refractivity contribution in [3.63, 3.8) is 0 Å². The van der Waals surface area contributed by atoms with Gasteiger partial charge in [0.1, 0.15) is 5.75 Å². The number of benzene rings is 1. The lowest BCUT2D eigenvalue weighted by Gasteiger charge is -2.01. The van der Waals surface area contributed by atoms with E-state index < -0.39 is 5.97 Å². The number of hydrogen-bond acceptors (Lipinski definition) is 3. The van der Waals surface area contributed by atoms with Crippen LogP contribution in [0.2, 0.25) is 5.02 Å². The maximum atomic E-state index is 10.5. The van der Waals surface area contributed by atoms with Gasteiger partial charge in [-0.05, 0) is 12.1 Å². The molecule has 15 heavy (non-hydrogen) atoms. The number of aliphatic carboxylic acids is 1. The van der Waals surface area contributed by atoms with Crippen molar-refractivity contribution in [3.8, 4) is 5.75 Å². The van der Waals surface area contributed by atoms with Crippen LogP contribution in [0, 0.1) is 0 Å². The lowest BCUT2D eigenvalue weighted by atomic mass is 10.3. The molecule has 0 bridgehead atoms. The fraction of sp³-hybridized carbons (Fsp3) is 0.200. The summed E-state index contributed by atoms with van der Waals surface area (Å²) in [7, 11) is 0. The molecule has 0 atom stereocenters. The highest BCUT2D eigenvalue weighted by atomic mass is 35.5. The first-order valence-electron chi connectivity index (χ1n) is 4.06. The molecule has 0 fully saturated rings. The maximum Gasteiger partial charge on any atom is 0.308 e. The minimum absolute atomic E-state index is 0.363. The summed E-state index contributed by atoms with van der Waals surface area (Å²) in [6.45, 7) is 2.42. The number of halogens is 1. The maximum absolute atomic E-state index is 10.5. The molecule has 0 heterocycles. The van der Waals surface area contributed by atoms with E-state index in [0.29, 0.717) is 10.8 Å². The number of rotatable bonds is 1. The second-order valence-electron chi connectivity index (χ2n) is 2.54. The Bertz CT molecular complexity index is 345. The highest BCUT2D eigenvalue weighted by molar-refractivity contribution is 6.32. The van der Waals surface area contributed by atoms with E-state index >= 15 is 0 Å². The SMILES string of the molecule is CC(=O)O.CC(=O)Oc1ccccc1Cl. The summed E-state index contributed by atoms with van der Waals surface area (Å²) in [6.07, 6.45) is 0. The smallest absolute Gasteiger partial charge is 0.308 e. The summed E-state index contributed by atoms with van der Waals surface area (Å²) in [6, 6.07) is 6.84. The molecule has 1 rings (SSSR count). The second-order valence-corrected chi connectivity index (χ2v) is 2.95. The van der Waals surface area contributed by atoms with E-state index in [1.165, 1.54) is 6.92 Å². The van der Waals surface area contributed by atoms with Crippen molar-refractivity contribution >= 4 is 23.5 Å². The first kappa shape index (κ1) is 13.5. The van der Waals surface area contributed by atoms with Gasteiger partial charge in [-0.25, -0.2) is 0 Å². The van der Waals surface area contributed by atoms with Crippen molar-refractivity contribution in [2.45, 2.75) is 13.8 Å². The van der Waals surface area contributed by atoms with Gasteiger partial charge in [0.15, 0.2) is 0 Å². The molecular weight excluding hydrogens is 220 g/mol. The van der Waals surface area contributed by atoms with Gasteiger partial charge < -0.3 is 9.84 Å². The van der Waals surface area contributed by atoms with E-state index in [2.05, 4.69) is 0 Å². The molecule has 0 radical (unpaired) electrons. The number of carboxylic acids is 1. The van der Waals surface area contributed by atoms with E-state index in [0.717, 1.165) is 6.92 Å². The Kier molecular flexibility index (Phi) is 6.13. The van der Waals surface area contributed by atoms with Crippen molar-refractivity contribution in [2.75, 3.05) is 0 Å². The van der Waals surface area contributed by atoms with Gasteiger partial charge >= 0.3 is 5.97 Å². The fourth-order valence-corrected chi connectivity index (χ4v) is 0.857. The standard InChI is InChI=1S/C8H7ClO2.C2H4O2/c1-6(10)11-8-5-3-2-4-7(8)9;1-2(3)4/h2-5H,1H3;1H3,(H,3,4). The van der Waals surface area contributed by atoms with Crippen LogP contribution >= 0.6 is 11.6 Å². The quantitative estimate of drug-likeness (QED) is 0.594. The minimum Gasteiger partial charge on any atom is -0.481 e. The van der Waals surface area contributed by atoms with Crippen molar-refractivity contribution in [1.82, 2.24) is 0 Å². The summed E-state index contributed by atoms with van der Waals surface area (Å²) in [5.74, 6) is -0.792. The normalized spacial score (nSPS) is 8.47. The average molecular weight is 231 g/mol. The molecule has 0 unspecified atom stereocenters. The summed E-state index contributed by atoms with van der Waals surface area (Å²) >= 11 is 5.69. The summed E-state index contributed by atoms with van der Waals surface area (Å²) < 4.78 is 4.77. The Balaban J connectivity index is 0.000000423. The zero-order chi connectivity index (χ0) is 11.8. The van der Waals surface area contributed by atoms with Gasteiger partial charge in [0, 0.05) is 13.8 Å². The third-order valence-electron chi connectivity index (χ3n) is 1.09. The van der Waals surface area contributed by atoms with Crippen LogP contribution in [0.1, 0.15) is 13.8 Å². The fourth-order valence-electron chi connectivity index (χ4n) is 0.682. The highest BCUT2D eigenvalue weighted by Gasteiger charge is 2.00. The number of carboxylic acid groups (broad SMARTS) is 1. The number of carbonyl (C=O) groups is 2. The summed E-state index contributed by atoms with van der Waals surface area (Å²) in [4.78, 5) is 19.5. The Morgan fingerprint density at radius 3 is 2.13 bits per heavy atom. The molecule has 1 N–H and O–H groups in total. The second kappa shape index (κ2) is 6.84. The van der Waals surface area contributed by atoms with Gasteiger partial charge in [-0.15, -0.1) is 0 Å². The number of carbonyl (C=O) groups excluding carboxylic acids is 1. The monoisotopic (exact) mass is 230 g/mol. The van der Waals surface area contributed by atoms with Gasteiger partial charge in [0.05, 0.1) is 5.02 Å². The molecule has 82 valence electrons. The molecule has 0 aliphatic rings. The van der Waals surface area contributed by atoms with Crippen LogP contribution in [0.3, 0.4) is 0 Å². The van der Waals surface area contributed by atoms with Crippen LogP contribution in [0.25, 0.3) is 0 Å². The van der Waals surface area contributed by atoms with Crippen molar-refractivity contribution in [1.29, 1.82) is 0 Å². The van der Waals surface area contributed by atoms with Crippen LogP contribution < -0.4 is 4.74 Å². The Labute approximate surface area is 92.4 Å². The first-order valence-corrected chi connectivity index (χ1v) is 4.43. The highest BCUT2D eigenvalue weighted by Crippen LogP contribution is 2.22. The largest absolute Gasteiger partial charge is 0.481 e. The molecule has 0 aliphatic heterocycles. The van der Waals surface area contributed by atoms with Gasteiger partial charge in [0.25, 0.3) is 5.97 Å². The van der Waals surface area contributed by atoms with Crippen LogP contribution in [0.15, 0.2) is 24.3 Å². The molecule has 0 aliphatic carbocycles. The van der Waals surface area contributed by atoms with Gasteiger partial charge in [0.2, 0.25) is 0 Å².